The van der Waals surface area contributed by atoms with E-state index in [0.29, 0.717) is 46.4 Å². The Morgan fingerprint density at radius 2 is 1.61 bits per heavy atom. The number of carbonyl (C=O) groups is 2. The highest BCUT2D eigenvalue weighted by Crippen LogP contribution is 2.46. The Labute approximate surface area is 186 Å². The van der Waals surface area contributed by atoms with Crippen molar-refractivity contribution in [1.29, 1.82) is 0 Å². The molecule has 0 fully saturated rings. The van der Waals surface area contributed by atoms with Crippen LogP contribution in [-0.4, -0.2) is 33.0 Å². The number of allylic oxidation sites excluding steroid dienone is 2. The number of ketones is 1. The molecule has 4 rings (SSSR count). The van der Waals surface area contributed by atoms with Gasteiger partial charge in [-0.2, -0.15) is 0 Å². The third kappa shape index (κ3) is 3.88. The van der Waals surface area contributed by atoms with E-state index in [1.807, 2.05) is 30.3 Å². The average Bonchev–Trinajstić information content (AvgIpc) is 2.77. The largest absolute Gasteiger partial charge is 0.493 e. The first kappa shape index (κ1) is 21.2. The maximum atomic E-state index is 13.3. The summed E-state index contributed by atoms with van der Waals surface area (Å²) in [6, 6.07) is 11.1. The molecule has 0 aromatic heterocycles. The molecule has 1 amide bonds. The van der Waals surface area contributed by atoms with Crippen molar-refractivity contribution in [2.24, 2.45) is 0 Å². The number of rotatable bonds is 5. The molecule has 0 radical (unpaired) electrons. The molecule has 1 N–H and O–H groups in total. The second-order valence-corrected chi connectivity index (χ2v) is 8.11. The highest BCUT2D eigenvalue weighted by Gasteiger charge is 2.39. The summed E-state index contributed by atoms with van der Waals surface area (Å²) < 4.78 is 16.3. The van der Waals surface area contributed by atoms with Gasteiger partial charge >= 0.3 is 0 Å². The van der Waals surface area contributed by atoms with Crippen LogP contribution in [0.2, 0.25) is 5.02 Å². The first-order valence-corrected chi connectivity index (χ1v) is 10.4. The molecule has 1 aliphatic heterocycles. The van der Waals surface area contributed by atoms with Crippen LogP contribution in [-0.2, 0) is 9.59 Å². The summed E-state index contributed by atoms with van der Waals surface area (Å²) in [7, 11) is 4.67. The third-order valence-electron chi connectivity index (χ3n) is 5.98. The van der Waals surface area contributed by atoms with E-state index in [2.05, 4.69) is 5.32 Å². The Morgan fingerprint density at radius 1 is 0.935 bits per heavy atom. The zero-order valence-corrected chi connectivity index (χ0v) is 18.4. The SMILES string of the molecule is COc1cc([C@@H]2CC(=O)C3=C(C2)NC(=O)C[C@H]3c2ccccc2Cl)cc(OC)c1OC. The van der Waals surface area contributed by atoms with E-state index < -0.39 is 0 Å². The Bertz CT molecular complexity index is 1050. The number of hydrogen-bond donors (Lipinski definition) is 1. The van der Waals surface area contributed by atoms with Gasteiger partial charge in [-0.1, -0.05) is 29.8 Å². The Hall–Kier alpha value is -2.99. The molecule has 0 saturated carbocycles. The number of hydrogen-bond acceptors (Lipinski definition) is 5. The number of methoxy groups -OCH3 is 3. The van der Waals surface area contributed by atoms with Gasteiger partial charge in [-0.05, 0) is 41.7 Å². The molecule has 0 saturated heterocycles. The highest BCUT2D eigenvalue weighted by molar-refractivity contribution is 6.31. The summed E-state index contributed by atoms with van der Waals surface area (Å²) in [5.41, 5.74) is 3.04. The van der Waals surface area contributed by atoms with Gasteiger partial charge in [-0.15, -0.1) is 0 Å². The van der Waals surface area contributed by atoms with Crippen LogP contribution in [0.1, 0.15) is 42.2 Å². The normalized spacial score (nSPS) is 20.8. The van der Waals surface area contributed by atoms with E-state index in [1.165, 1.54) is 0 Å². The Kier molecular flexibility index (Phi) is 5.92. The van der Waals surface area contributed by atoms with Gasteiger partial charge in [0.05, 0.1) is 21.3 Å². The van der Waals surface area contributed by atoms with Gasteiger partial charge in [0.25, 0.3) is 0 Å². The minimum Gasteiger partial charge on any atom is -0.493 e. The molecule has 0 spiro atoms. The topological polar surface area (TPSA) is 73.9 Å². The van der Waals surface area contributed by atoms with Crippen molar-refractivity contribution in [2.45, 2.75) is 31.1 Å². The predicted octanol–water partition coefficient (Wildman–Crippen LogP) is 4.37. The molecule has 2 aliphatic rings. The van der Waals surface area contributed by atoms with Gasteiger partial charge in [0.1, 0.15) is 0 Å². The smallest absolute Gasteiger partial charge is 0.225 e. The number of nitrogens with one attached hydrogen (secondary N) is 1. The summed E-state index contributed by atoms with van der Waals surface area (Å²) in [6.45, 7) is 0. The Morgan fingerprint density at radius 3 is 2.23 bits per heavy atom. The van der Waals surface area contributed by atoms with Gasteiger partial charge in [-0.25, -0.2) is 0 Å². The maximum absolute atomic E-state index is 13.3. The van der Waals surface area contributed by atoms with E-state index in [1.54, 1.807) is 27.4 Å². The van der Waals surface area contributed by atoms with Gasteiger partial charge in [0, 0.05) is 35.1 Å². The average molecular weight is 442 g/mol. The summed E-state index contributed by atoms with van der Waals surface area (Å²) in [6.07, 6.45) is 1.07. The number of halogens is 1. The molecule has 31 heavy (non-hydrogen) atoms. The molecule has 2 aromatic carbocycles. The van der Waals surface area contributed by atoms with Gasteiger partial charge in [0.2, 0.25) is 11.7 Å². The molecule has 1 heterocycles. The molecular weight excluding hydrogens is 418 g/mol. The van der Waals surface area contributed by atoms with Crippen LogP contribution >= 0.6 is 11.6 Å². The molecule has 0 bridgehead atoms. The number of benzene rings is 2. The van der Waals surface area contributed by atoms with Gasteiger partial charge < -0.3 is 19.5 Å². The van der Waals surface area contributed by atoms with Crippen LogP contribution in [0.4, 0.5) is 0 Å². The van der Waals surface area contributed by atoms with Crippen molar-refractivity contribution in [3.63, 3.8) is 0 Å². The molecule has 162 valence electrons. The fourth-order valence-corrected chi connectivity index (χ4v) is 4.82. The van der Waals surface area contributed by atoms with Crippen molar-refractivity contribution in [2.75, 3.05) is 21.3 Å². The van der Waals surface area contributed by atoms with Crippen LogP contribution in [0.15, 0.2) is 47.7 Å². The second kappa shape index (κ2) is 8.63. The zero-order valence-electron chi connectivity index (χ0n) is 17.7. The van der Waals surface area contributed by atoms with E-state index in [4.69, 9.17) is 25.8 Å². The fourth-order valence-electron chi connectivity index (χ4n) is 4.56. The van der Waals surface area contributed by atoms with E-state index in [0.717, 1.165) is 11.1 Å². The summed E-state index contributed by atoms with van der Waals surface area (Å²) in [5, 5.41) is 3.50. The fraction of sp³-hybridized carbons (Fsp3) is 0.333. The monoisotopic (exact) mass is 441 g/mol. The lowest BCUT2D eigenvalue weighted by atomic mass is 9.73. The second-order valence-electron chi connectivity index (χ2n) is 7.71. The lowest BCUT2D eigenvalue weighted by Gasteiger charge is -2.35. The van der Waals surface area contributed by atoms with E-state index in [9.17, 15) is 9.59 Å². The summed E-state index contributed by atoms with van der Waals surface area (Å²) >= 11 is 6.40. The maximum Gasteiger partial charge on any atom is 0.225 e. The number of Topliss-reactive ketones (excluding diaryl/α,β-unsaturated/α-hetero) is 1. The molecule has 2 atom stereocenters. The van der Waals surface area contributed by atoms with Gasteiger partial charge in [-0.3, -0.25) is 9.59 Å². The van der Waals surface area contributed by atoms with Crippen molar-refractivity contribution in [3.05, 3.63) is 63.8 Å². The van der Waals surface area contributed by atoms with Gasteiger partial charge in [0.15, 0.2) is 17.3 Å². The lowest BCUT2D eigenvalue weighted by Crippen LogP contribution is -2.38. The highest BCUT2D eigenvalue weighted by atomic mass is 35.5. The first-order chi connectivity index (χ1) is 15.0. The van der Waals surface area contributed by atoms with Crippen LogP contribution in [0.3, 0.4) is 0 Å². The number of ether oxygens (including phenoxy) is 3. The van der Waals surface area contributed by atoms with Crippen molar-refractivity contribution >= 4 is 23.3 Å². The summed E-state index contributed by atoms with van der Waals surface area (Å²) in [5.74, 6) is 1.03. The number of carbonyl (C=O) groups excluding carboxylic acids is 2. The van der Waals surface area contributed by atoms with E-state index in [-0.39, 0.29) is 29.9 Å². The predicted molar refractivity (Wildman–Crippen MR) is 117 cm³/mol. The van der Waals surface area contributed by atoms with E-state index >= 15 is 0 Å². The zero-order chi connectivity index (χ0) is 22.1. The quantitative estimate of drug-likeness (QED) is 0.745. The minimum atomic E-state index is -0.328. The third-order valence-corrected chi connectivity index (χ3v) is 6.32. The van der Waals surface area contributed by atoms with Crippen LogP contribution < -0.4 is 19.5 Å². The number of amides is 1. The first-order valence-electron chi connectivity index (χ1n) is 10.1. The lowest BCUT2D eigenvalue weighted by molar-refractivity contribution is -0.122. The summed E-state index contributed by atoms with van der Waals surface area (Å²) in [4.78, 5) is 25.8. The minimum absolute atomic E-state index is 0.0184. The molecule has 6 nitrogen and oxygen atoms in total. The molecule has 0 unspecified atom stereocenters. The van der Waals surface area contributed by atoms with Crippen LogP contribution in [0.25, 0.3) is 0 Å². The van der Waals surface area contributed by atoms with Crippen molar-refractivity contribution in [3.8, 4) is 17.2 Å². The molecular formula is C24H24ClNO5. The van der Waals surface area contributed by atoms with Crippen LogP contribution in [0.5, 0.6) is 17.2 Å². The van der Waals surface area contributed by atoms with Crippen molar-refractivity contribution < 1.29 is 23.8 Å². The molecule has 7 heteroatoms. The Balaban J connectivity index is 1.74. The standard InChI is InChI=1S/C24H24ClNO5/c1-29-20-10-14(11-21(30-2)24(20)31-3)13-8-18-23(19(27)9-13)16(12-22(28)26-18)15-6-4-5-7-17(15)25/h4-7,10-11,13,16H,8-9,12H2,1-3H3,(H,26,28)/t13-,16-/m0/s1. The van der Waals surface area contributed by atoms with Crippen LogP contribution in [0, 0.1) is 0 Å². The molecule has 2 aromatic rings. The molecule has 1 aliphatic carbocycles. The van der Waals surface area contributed by atoms with Crippen molar-refractivity contribution in [1.82, 2.24) is 5.32 Å².